The number of benzene rings is 2. The Balaban J connectivity index is 2.10. The van der Waals surface area contributed by atoms with Crippen LogP contribution in [0.15, 0.2) is 48.5 Å². The van der Waals surface area contributed by atoms with Crippen LogP contribution in [0, 0.1) is 0 Å². The zero-order valence-corrected chi connectivity index (χ0v) is 20.1. The van der Waals surface area contributed by atoms with Crippen molar-refractivity contribution in [3.8, 4) is 0 Å². The van der Waals surface area contributed by atoms with Crippen molar-refractivity contribution in [3.05, 3.63) is 70.2 Å². The Morgan fingerprint density at radius 3 is 2.13 bits per heavy atom. The van der Waals surface area contributed by atoms with E-state index in [2.05, 4.69) is 50.4 Å². The first-order valence-corrected chi connectivity index (χ1v) is 11.4. The van der Waals surface area contributed by atoms with Crippen LogP contribution in [0.25, 0.3) is 0 Å². The first kappa shape index (κ1) is 24.9. The Hall–Kier alpha value is -2.33. The van der Waals surface area contributed by atoms with Crippen LogP contribution in [0.3, 0.4) is 0 Å². The molecule has 0 bridgehead atoms. The van der Waals surface area contributed by atoms with Gasteiger partial charge in [0.25, 0.3) is 0 Å². The van der Waals surface area contributed by atoms with Crippen LogP contribution in [0.5, 0.6) is 0 Å². The number of rotatable bonds is 9. The minimum absolute atomic E-state index is 0.0333. The number of amides is 2. The fourth-order valence-corrected chi connectivity index (χ4v) is 3.46. The summed E-state index contributed by atoms with van der Waals surface area (Å²) in [5, 5.41) is 3.55. The summed E-state index contributed by atoms with van der Waals surface area (Å²) >= 11 is 5.99. The van der Waals surface area contributed by atoms with E-state index in [0.29, 0.717) is 31.0 Å². The van der Waals surface area contributed by atoms with Gasteiger partial charge in [-0.2, -0.15) is 0 Å². The topological polar surface area (TPSA) is 49.4 Å². The smallest absolute Gasteiger partial charge is 0.242 e. The second kappa shape index (κ2) is 11.3. The van der Waals surface area contributed by atoms with Gasteiger partial charge in [0.1, 0.15) is 6.04 Å². The van der Waals surface area contributed by atoms with Gasteiger partial charge in [0, 0.05) is 24.5 Å². The quantitative estimate of drug-likeness (QED) is 0.556. The van der Waals surface area contributed by atoms with Gasteiger partial charge in [-0.1, -0.05) is 75.7 Å². The Bertz CT molecular complexity index is 854. The number of nitrogens with one attached hydrogen (secondary N) is 1. The van der Waals surface area contributed by atoms with E-state index in [0.717, 1.165) is 17.5 Å². The van der Waals surface area contributed by atoms with Crippen molar-refractivity contribution in [1.29, 1.82) is 0 Å². The van der Waals surface area contributed by atoms with Crippen LogP contribution in [-0.2, 0) is 28.0 Å². The van der Waals surface area contributed by atoms with E-state index in [9.17, 15) is 9.59 Å². The Kier molecular flexibility index (Phi) is 9.12. The Labute approximate surface area is 192 Å². The molecule has 0 radical (unpaired) electrons. The summed E-state index contributed by atoms with van der Waals surface area (Å²) in [5.74, 6) is -0.160. The van der Waals surface area contributed by atoms with Crippen LogP contribution in [-0.4, -0.2) is 29.3 Å². The van der Waals surface area contributed by atoms with E-state index in [1.54, 1.807) is 24.0 Å². The molecule has 2 aromatic carbocycles. The zero-order chi connectivity index (χ0) is 23.0. The lowest BCUT2D eigenvalue weighted by Crippen LogP contribution is -2.47. The highest BCUT2D eigenvalue weighted by Gasteiger charge is 2.25. The number of halogens is 1. The molecule has 1 unspecified atom stereocenters. The van der Waals surface area contributed by atoms with Crippen LogP contribution in [0.2, 0.25) is 5.02 Å². The molecule has 1 atom stereocenters. The highest BCUT2D eigenvalue weighted by molar-refractivity contribution is 6.30. The molecule has 4 nitrogen and oxygen atoms in total. The van der Waals surface area contributed by atoms with Crippen molar-refractivity contribution < 1.29 is 9.59 Å². The van der Waals surface area contributed by atoms with Crippen LogP contribution in [0.1, 0.15) is 64.2 Å². The summed E-state index contributed by atoms with van der Waals surface area (Å²) in [6, 6.07) is 15.3. The summed E-state index contributed by atoms with van der Waals surface area (Å²) in [6.45, 7) is 11.3. The summed E-state index contributed by atoms with van der Waals surface area (Å²) in [7, 11) is 0. The Morgan fingerprint density at radius 1 is 1.00 bits per heavy atom. The standard InChI is InChI=1S/C26H35ClN2O2/c1-6-17-28-25(31)19(2)29(18-21-9-14-23(27)15-10-21)24(30)16-11-20-7-12-22(13-8-20)26(3,4)5/h7-10,12-15,19H,6,11,16-18H2,1-5H3,(H,28,31). The molecule has 2 amide bonds. The van der Waals surface area contributed by atoms with Gasteiger partial charge < -0.3 is 10.2 Å². The molecule has 0 spiro atoms. The van der Waals surface area contributed by atoms with Crippen molar-refractivity contribution in [3.63, 3.8) is 0 Å². The maximum Gasteiger partial charge on any atom is 0.242 e. The third-order valence-electron chi connectivity index (χ3n) is 5.43. The number of aryl methyl sites for hydroxylation is 1. The van der Waals surface area contributed by atoms with E-state index >= 15 is 0 Å². The molecule has 0 heterocycles. The lowest BCUT2D eigenvalue weighted by atomic mass is 9.86. The minimum Gasteiger partial charge on any atom is -0.354 e. The maximum absolute atomic E-state index is 13.2. The van der Waals surface area contributed by atoms with Crippen molar-refractivity contribution in [2.45, 2.75) is 71.9 Å². The lowest BCUT2D eigenvalue weighted by molar-refractivity contribution is -0.140. The summed E-state index contributed by atoms with van der Waals surface area (Å²) in [4.78, 5) is 27.4. The number of carbonyl (C=O) groups is 2. The lowest BCUT2D eigenvalue weighted by Gasteiger charge is -2.29. The van der Waals surface area contributed by atoms with Crippen LogP contribution in [0.4, 0.5) is 0 Å². The molecular weight excluding hydrogens is 408 g/mol. The predicted molar refractivity (Wildman–Crippen MR) is 128 cm³/mol. The average Bonchev–Trinajstić information content (AvgIpc) is 2.74. The largest absolute Gasteiger partial charge is 0.354 e. The number of hydrogen-bond donors (Lipinski definition) is 1. The Morgan fingerprint density at radius 2 is 1.58 bits per heavy atom. The second-order valence-corrected chi connectivity index (χ2v) is 9.50. The third-order valence-corrected chi connectivity index (χ3v) is 5.68. The van der Waals surface area contributed by atoms with Crippen LogP contribution >= 0.6 is 11.6 Å². The molecule has 0 fully saturated rings. The molecule has 168 valence electrons. The van der Waals surface area contributed by atoms with Gasteiger partial charge in [-0.15, -0.1) is 0 Å². The molecule has 31 heavy (non-hydrogen) atoms. The number of hydrogen-bond acceptors (Lipinski definition) is 2. The normalized spacial score (nSPS) is 12.3. The maximum atomic E-state index is 13.2. The molecule has 2 rings (SSSR count). The highest BCUT2D eigenvalue weighted by atomic mass is 35.5. The zero-order valence-electron chi connectivity index (χ0n) is 19.4. The fourth-order valence-electron chi connectivity index (χ4n) is 3.33. The summed E-state index contributed by atoms with van der Waals surface area (Å²) in [5.41, 5.74) is 3.44. The van der Waals surface area contributed by atoms with Crippen molar-refractivity contribution in [2.24, 2.45) is 0 Å². The SMILES string of the molecule is CCCNC(=O)C(C)N(Cc1ccc(Cl)cc1)C(=O)CCc1ccc(C(C)(C)C)cc1. The van der Waals surface area contributed by atoms with Gasteiger partial charge in [0.15, 0.2) is 0 Å². The molecule has 2 aromatic rings. The van der Waals surface area contributed by atoms with E-state index < -0.39 is 6.04 Å². The van der Waals surface area contributed by atoms with Gasteiger partial charge in [-0.05, 0) is 54.0 Å². The second-order valence-electron chi connectivity index (χ2n) is 9.06. The molecule has 0 aliphatic rings. The van der Waals surface area contributed by atoms with E-state index in [1.165, 1.54) is 5.56 Å². The molecule has 0 aliphatic carbocycles. The van der Waals surface area contributed by atoms with Crippen molar-refractivity contribution in [1.82, 2.24) is 10.2 Å². The molecule has 0 aromatic heterocycles. The van der Waals surface area contributed by atoms with Gasteiger partial charge in [0.05, 0.1) is 0 Å². The van der Waals surface area contributed by atoms with Gasteiger partial charge in [-0.3, -0.25) is 9.59 Å². The fraction of sp³-hybridized carbons (Fsp3) is 0.462. The molecule has 0 saturated heterocycles. The van der Waals surface area contributed by atoms with E-state index in [-0.39, 0.29) is 17.2 Å². The molecule has 5 heteroatoms. The molecule has 0 aliphatic heterocycles. The molecule has 1 N–H and O–H groups in total. The monoisotopic (exact) mass is 442 g/mol. The van der Waals surface area contributed by atoms with E-state index in [4.69, 9.17) is 11.6 Å². The van der Waals surface area contributed by atoms with Gasteiger partial charge >= 0.3 is 0 Å². The van der Waals surface area contributed by atoms with E-state index in [1.807, 2.05) is 19.1 Å². The molecular formula is C26H35ClN2O2. The highest BCUT2D eigenvalue weighted by Crippen LogP contribution is 2.23. The third kappa shape index (κ3) is 7.70. The van der Waals surface area contributed by atoms with Crippen molar-refractivity contribution in [2.75, 3.05) is 6.54 Å². The summed E-state index contributed by atoms with van der Waals surface area (Å²) < 4.78 is 0. The minimum atomic E-state index is -0.544. The number of nitrogens with zero attached hydrogens (tertiary/aromatic N) is 1. The number of carbonyl (C=O) groups excluding carboxylic acids is 2. The average molecular weight is 443 g/mol. The van der Waals surface area contributed by atoms with Crippen LogP contribution < -0.4 is 5.32 Å². The first-order valence-electron chi connectivity index (χ1n) is 11.0. The van der Waals surface area contributed by atoms with Crippen molar-refractivity contribution >= 4 is 23.4 Å². The van der Waals surface area contributed by atoms with Gasteiger partial charge in [-0.25, -0.2) is 0 Å². The predicted octanol–water partition coefficient (Wildman–Crippen LogP) is 5.51. The van der Waals surface area contributed by atoms with Gasteiger partial charge in [0.2, 0.25) is 11.8 Å². The molecule has 0 saturated carbocycles. The first-order chi connectivity index (χ1) is 14.6. The summed E-state index contributed by atoms with van der Waals surface area (Å²) in [6.07, 6.45) is 1.85.